The Bertz CT molecular complexity index is 713. The third kappa shape index (κ3) is 2.83. The van der Waals surface area contributed by atoms with E-state index in [1.165, 1.54) is 31.5 Å². The number of aromatic nitrogens is 5. The molecular weight excluding hydrogens is 320 g/mol. The minimum absolute atomic E-state index is 0.0527. The van der Waals surface area contributed by atoms with Crippen LogP contribution in [-0.4, -0.2) is 31.5 Å². The summed E-state index contributed by atoms with van der Waals surface area (Å²) in [6.07, 6.45) is 7.13. The van der Waals surface area contributed by atoms with Crippen molar-refractivity contribution in [2.75, 3.05) is 11.4 Å². The van der Waals surface area contributed by atoms with Gasteiger partial charge in [0.2, 0.25) is 5.13 Å². The molecule has 6 nitrogen and oxygen atoms in total. The van der Waals surface area contributed by atoms with Crippen LogP contribution in [0.15, 0.2) is 0 Å². The van der Waals surface area contributed by atoms with Gasteiger partial charge in [-0.2, -0.15) is 0 Å². The van der Waals surface area contributed by atoms with Crippen LogP contribution in [0.2, 0.25) is 0 Å². The molecule has 1 fully saturated rings. The number of fused-ring (bicyclic) bond motifs is 1. The molecule has 2 aromatic rings. The highest BCUT2D eigenvalue weighted by Crippen LogP contribution is 2.39. The Morgan fingerprint density at radius 3 is 2.62 bits per heavy atom. The number of nitrogens with zero attached hydrogens (tertiary/aromatic N) is 6. The second-order valence-electron chi connectivity index (χ2n) is 7.93. The van der Waals surface area contributed by atoms with Gasteiger partial charge in [0.1, 0.15) is 10.8 Å². The van der Waals surface area contributed by atoms with Gasteiger partial charge in [0.05, 0.1) is 6.04 Å². The van der Waals surface area contributed by atoms with Crippen molar-refractivity contribution in [3.05, 3.63) is 16.7 Å². The topological polar surface area (TPSA) is 59.7 Å². The first kappa shape index (κ1) is 16.0. The van der Waals surface area contributed by atoms with E-state index in [-0.39, 0.29) is 5.41 Å². The van der Waals surface area contributed by atoms with E-state index in [0.717, 1.165) is 41.9 Å². The van der Waals surface area contributed by atoms with Crippen molar-refractivity contribution in [3.8, 4) is 0 Å². The zero-order valence-corrected chi connectivity index (χ0v) is 15.6. The van der Waals surface area contributed by atoms with E-state index in [2.05, 4.69) is 50.6 Å². The number of hydrogen-bond donors (Lipinski definition) is 0. The lowest BCUT2D eigenvalue weighted by Crippen LogP contribution is -2.25. The third-order valence-corrected chi connectivity index (χ3v) is 6.38. The standard InChI is InChI=1S/C17H26N6S/c1-17(2,3)15-20-21-16(24-15)22-11-7-8-12(22)14-19-18-13-9-5-4-6-10-23(13)14/h12H,4-11H2,1-3H3/t12-/m0/s1. The summed E-state index contributed by atoms with van der Waals surface area (Å²) >= 11 is 1.73. The maximum absolute atomic E-state index is 4.58. The van der Waals surface area contributed by atoms with Crippen molar-refractivity contribution in [3.63, 3.8) is 0 Å². The van der Waals surface area contributed by atoms with E-state index >= 15 is 0 Å². The Hall–Kier alpha value is -1.50. The molecule has 0 radical (unpaired) electrons. The van der Waals surface area contributed by atoms with Crippen LogP contribution in [0.4, 0.5) is 5.13 Å². The maximum Gasteiger partial charge on any atom is 0.208 e. The zero-order valence-electron chi connectivity index (χ0n) is 14.8. The molecule has 2 aromatic heterocycles. The van der Waals surface area contributed by atoms with Gasteiger partial charge in [-0.1, -0.05) is 38.5 Å². The molecule has 0 aromatic carbocycles. The van der Waals surface area contributed by atoms with E-state index in [1.807, 2.05) is 0 Å². The Labute approximate surface area is 147 Å². The monoisotopic (exact) mass is 346 g/mol. The third-order valence-electron chi connectivity index (χ3n) is 4.99. The van der Waals surface area contributed by atoms with E-state index in [1.54, 1.807) is 11.3 Å². The van der Waals surface area contributed by atoms with Gasteiger partial charge in [0, 0.05) is 24.9 Å². The lowest BCUT2D eigenvalue weighted by molar-refractivity contribution is 0.558. The van der Waals surface area contributed by atoms with Crippen LogP contribution in [0.5, 0.6) is 0 Å². The van der Waals surface area contributed by atoms with Crippen LogP contribution < -0.4 is 4.90 Å². The largest absolute Gasteiger partial charge is 0.336 e. The quantitative estimate of drug-likeness (QED) is 0.833. The van der Waals surface area contributed by atoms with Crippen molar-refractivity contribution >= 4 is 16.5 Å². The molecule has 4 rings (SSSR count). The summed E-state index contributed by atoms with van der Waals surface area (Å²) in [5, 5.41) is 20.1. The van der Waals surface area contributed by atoms with E-state index in [0.29, 0.717) is 6.04 Å². The summed E-state index contributed by atoms with van der Waals surface area (Å²) in [4.78, 5) is 2.40. The number of rotatable bonds is 2. The van der Waals surface area contributed by atoms with Gasteiger partial charge in [-0.15, -0.1) is 20.4 Å². The molecule has 0 N–H and O–H groups in total. The fourth-order valence-corrected chi connectivity index (χ4v) is 4.63. The van der Waals surface area contributed by atoms with E-state index < -0.39 is 0 Å². The Kier molecular flexibility index (Phi) is 4.06. The maximum atomic E-state index is 4.58. The summed E-state index contributed by atoms with van der Waals surface area (Å²) in [6.45, 7) is 8.67. The van der Waals surface area contributed by atoms with Gasteiger partial charge in [-0.3, -0.25) is 0 Å². The van der Waals surface area contributed by atoms with E-state index in [4.69, 9.17) is 0 Å². The molecule has 1 saturated heterocycles. The first-order chi connectivity index (χ1) is 11.5. The lowest BCUT2D eigenvalue weighted by Gasteiger charge is -2.23. The lowest BCUT2D eigenvalue weighted by atomic mass is 9.98. The first-order valence-corrected chi connectivity index (χ1v) is 9.88. The molecule has 2 aliphatic heterocycles. The number of anilines is 1. The summed E-state index contributed by atoms with van der Waals surface area (Å²) in [5.74, 6) is 2.30. The van der Waals surface area contributed by atoms with Gasteiger partial charge in [0.15, 0.2) is 5.82 Å². The summed E-state index contributed by atoms with van der Waals surface area (Å²) in [7, 11) is 0. The van der Waals surface area contributed by atoms with E-state index in [9.17, 15) is 0 Å². The Morgan fingerprint density at radius 2 is 1.83 bits per heavy atom. The second kappa shape index (κ2) is 6.10. The Balaban J connectivity index is 1.64. The molecule has 24 heavy (non-hydrogen) atoms. The molecule has 0 spiro atoms. The van der Waals surface area contributed by atoms with Crippen LogP contribution in [-0.2, 0) is 18.4 Å². The molecule has 4 heterocycles. The van der Waals surface area contributed by atoms with Crippen LogP contribution in [0.3, 0.4) is 0 Å². The van der Waals surface area contributed by atoms with Crippen molar-refractivity contribution in [2.24, 2.45) is 0 Å². The predicted molar refractivity (Wildman–Crippen MR) is 95.5 cm³/mol. The molecule has 2 aliphatic rings. The molecule has 0 aliphatic carbocycles. The van der Waals surface area contributed by atoms with Crippen LogP contribution in [0.25, 0.3) is 0 Å². The van der Waals surface area contributed by atoms with Crippen molar-refractivity contribution in [1.82, 2.24) is 25.0 Å². The number of hydrogen-bond acceptors (Lipinski definition) is 6. The minimum atomic E-state index is 0.0527. The number of aryl methyl sites for hydroxylation is 1. The summed E-state index contributed by atoms with van der Waals surface area (Å²) in [6, 6.07) is 0.296. The fourth-order valence-electron chi connectivity index (χ4n) is 3.65. The molecule has 130 valence electrons. The average Bonchev–Trinajstić information content (AvgIpc) is 3.22. The highest BCUT2D eigenvalue weighted by molar-refractivity contribution is 7.15. The van der Waals surface area contributed by atoms with Crippen molar-refractivity contribution < 1.29 is 0 Å². The van der Waals surface area contributed by atoms with Gasteiger partial charge >= 0.3 is 0 Å². The van der Waals surface area contributed by atoms with Crippen LogP contribution >= 0.6 is 11.3 Å². The predicted octanol–water partition coefficient (Wildman–Crippen LogP) is 3.50. The molecule has 7 heteroatoms. The summed E-state index contributed by atoms with van der Waals surface area (Å²) < 4.78 is 2.38. The van der Waals surface area contributed by atoms with Crippen molar-refractivity contribution in [2.45, 2.75) is 77.3 Å². The molecular formula is C17H26N6S. The minimum Gasteiger partial charge on any atom is -0.336 e. The highest BCUT2D eigenvalue weighted by Gasteiger charge is 2.34. The summed E-state index contributed by atoms with van der Waals surface area (Å²) in [5.41, 5.74) is 0.0527. The normalized spacial score (nSPS) is 21.8. The molecule has 0 unspecified atom stereocenters. The van der Waals surface area contributed by atoms with Crippen molar-refractivity contribution in [1.29, 1.82) is 0 Å². The smallest absolute Gasteiger partial charge is 0.208 e. The van der Waals surface area contributed by atoms with Crippen LogP contribution in [0.1, 0.15) is 75.6 Å². The highest BCUT2D eigenvalue weighted by atomic mass is 32.1. The Morgan fingerprint density at radius 1 is 0.958 bits per heavy atom. The zero-order chi connectivity index (χ0) is 16.7. The molecule has 0 bridgehead atoms. The SMILES string of the molecule is CC(C)(C)c1nnc(N2CCC[C@H]2c2nnc3n2CCCCC3)s1. The van der Waals surface area contributed by atoms with Gasteiger partial charge in [0.25, 0.3) is 0 Å². The molecule has 0 saturated carbocycles. The molecule has 0 amide bonds. The van der Waals surface area contributed by atoms with Gasteiger partial charge < -0.3 is 9.47 Å². The fraction of sp³-hybridized carbons (Fsp3) is 0.765. The first-order valence-electron chi connectivity index (χ1n) is 9.06. The average molecular weight is 347 g/mol. The van der Waals surface area contributed by atoms with Gasteiger partial charge in [-0.05, 0) is 25.7 Å². The second-order valence-corrected chi connectivity index (χ2v) is 8.88. The van der Waals surface area contributed by atoms with Gasteiger partial charge in [-0.25, -0.2) is 0 Å². The molecule has 1 atom stereocenters. The van der Waals surface area contributed by atoms with Crippen LogP contribution in [0, 0.1) is 0 Å².